The molecule has 2 aromatic rings. The minimum Gasteiger partial charge on any atom is -0.119 e. The van der Waals surface area contributed by atoms with Gasteiger partial charge < -0.3 is 0 Å². The average Bonchev–Trinajstić information content (AvgIpc) is 3.02. The molecular formula is C28H30. The molecule has 2 aliphatic carbocycles. The molecule has 2 aliphatic rings. The maximum absolute atomic E-state index is 6.19. The molecule has 0 amide bonds. The molecule has 0 heterocycles. The van der Waals surface area contributed by atoms with Crippen molar-refractivity contribution in [2.24, 2.45) is 5.92 Å². The predicted octanol–water partition coefficient (Wildman–Crippen LogP) is 7.23. The van der Waals surface area contributed by atoms with E-state index in [4.69, 9.17) is 6.42 Å². The molecule has 1 saturated carbocycles. The summed E-state index contributed by atoms with van der Waals surface area (Å²) in [6.45, 7) is 13.2. The van der Waals surface area contributed by atoms with E-state index in [1.54, 1.807) is 0 Å². The average molecular weight is 367 g/mol. The van der Waals surface area contributed by atoms with Gasteiger partial charge in [-0.3, -0.25) is 0 Å². The highest BCUT2D eigenvalue weighted by Gasteiger charge is 2.42. The van der Waals surface area contributed by atoms with Gasteiger partial charge in [-0.05, 0) is 84.1 Å². The summed E-state index contributed by atoms with van der Waals surface area (Å²) in [5.41, 5.74) is 9.54. The highest BCUT2D eigenvalue weighted by molar-refractivity contribution is 5.83. The van der Waals surface area contributed by atoms with E-state index in [2.05, 4.69) is 69.3 Å². The van der Waals surface area contributed by atoms with Gasteiger partial charge in [-0.15, -0.1) is 6.42 Å². The van der Waals surface area contributed by atoms with Crippen molar-refractivity contribution in [3.8, 4) is 12.3 Å². The van der Waals surface area contributed by atoms with Crippen LogP contribution in [0.1, 0.15) is 71.9 Å². The quantitative estimate of drug-likeness (QED) is 0.502. The lowest BCUT2D eigenvalue weighted by atomic mass is 9.73. The molecule has 0 aliphatic heterocycles. The van der Waals surface area contributed by atoms with E-state index in [1.807, 2.05) is 0 Å². The molecule has 0 aromatic heterocycles. The zero-order chi connectivity index (χ0) is 19.9. The Morgan fingerprint density at radius 3 is 2.39 bits per heavy atom. The van der Waals surface area contributed by atoms with Crippen LogP contribution in [0.5, 0.6) is 0 Å². The summed E-state index contributed by atoms with van der Waals surface area (Å²) in [5.74, 6) is 3.79. The number of aryl methyl sites for hydroxylation is 2. The lowest BCUT2D eigenvalue weighted by molar-refractivity contribution is 0.430. The number of rotatable bonds is 3. The third kappa shape index (κ3) is 2.94. The van der Waals surface area contributed by atoms with E-state index in [1.165, 1.54) is 71.1 Å². The Balaban J connectivity index is 1.81. The van der Waals surface area contributed by atoms with Crippen LogP contribution >= 0.6 is 0 Å². The highest BCUT2D eigenvalue weighted by Crippen LogP contribution is 2.51. The molecule has 1 atom stereocenters. The molecule has 1 fully saturated rings. The smallest absolute Gasteiger partial charge is 0.0857 e. The van der Waals surface area contributed by atoms with Gasteiger partial charge in [0, 0.05) is 0 Å². The summed E-state index contributed by atoms with van der Waals surface area (Å²) in [5, 5.41) is 0. The maximum Gasteiger partial charge on any atom is 0.0857 e. The summed E-state index contributed by atoms with van der Waals surface area (Å²) in [6, 6.07) is 13.3. The van der Waals surface area contributed by atoms with Crippen molar-refractivity contribution in [1.29, 1.82) is 0 Å². The van der Waals surface area contributed by atoms with Crippen LogP contribution in [-0.2, 0) is 5.41 Å². The Hall–Kier alpha value is -2.52. The molecule has 0 bridgehead atoms. The molecule has 0 spiro atoms. The van der Waals surface area contributed by atoms with Gasteiger partial charge in [0.15, 0.2) is 0 Å². The zero-order valence-electron chi connectivity index (χ0n) is 17.3. The van der Waals surface area contributed by atoms with Crippen LogP contribution < -0.4 is 0 Å². The fraction of sp³-hybridized carbons (Fsp3) is 0.357. The van der Waals surface area contributed by atoms with Crippen LogP contribution in [0.3, 0.4) is 0 Å². The van der Waals surface area contributed by atoms with Crippen LogP contribution in [0.2, 0.25) is 0 Å². The summed E-state index contributed by atoms with van der Waals surface area (Å²) in [7, 11) is 0. The summed E-state index contributed by atoms with van der Waals surface area (Å²) < 4.78 is 0. The van der Waals surface area contributed by atoms with E-state index in [9.17, 15) is 0 Å². The van der Waals surface area contributed by atoms with Crippen molar-refractivity contribution < 1.29 is 0 Å². The van der Waals surface area contributed by atoms with Crippen LogP contribution in [0, 0.1) is 32.1 Å². The standard InChI is InChI=1S/C28H30/c1-6-28(25-14-12-19(2)13-15-25)18-21(4)26-17-24(16-20(3)27(26)28)22(5)23-10-8-7-9-11-23/h1,12-17,23H,4-5,7-11,18H2,2-3H3. The van der Waals surface area contributed by atoms with E-state index in [0.717, 1.165) is 12.0 Å². The second-order valence-electron chi connectivity index (χ2n) is 8.77. The number of allylic oxidation sites excluding steroid dienone is 2. The first-order valence-electron chi connectivity index (χ1n) is 10.5. The fourth-order valence-corrected chi connectivity index (χ4v) is 5.30. The first-order chi connectivity index (χ1) is 13.5. The van der Waals surface area contributed by atoms with Gasteiger partial charge in [0.2, 0.25) is 0 Å². The van der Waals surface area contributed by atoms with Gasteiger partial charge in [0.1, 0.15) is 0 Å². The van der Waals surface area contributed by atoms with E-state index < -0.39 is 5.41 Å². The molecule has 4 rings (SSSR count). The van der Waals surface area contributed by atoms with Gasteiger partial charge in [-0.25, -0.2) is 0 Å². The van der Waals surface area contributed by atoms with Crippen LogP contribution in [-0.4, -0.2) is 0 Å². The number of benzene rings is 2. The Morgan fingerprint density at radius 2 is 1.75 bits per heavy atom. The van der Waals surface area contributed by atoms with Crippen molar-refractivity contribution in [2.75, 3.05) is 0 Å². The van der Waals surface area contributed by atoms with Gasteiger partial charge >= 0.3 is 0 Å². The van der Waals surface area contributed by atoms with Gasteiger partial charge in [-0.1, -0.05) is 74.2 Å². The Bertz CT molecular complexity index is 974. The zero-order valence-corrected chi connectivity index (χ0v) is 17.3. The van der Waals surface area contributed by atoms with Crippen LogP contribution in [0.15, 0.2) is 49.6 Å². The summed E-state index contributed by atoms with van der Waals surface area (Å²) >= 11 is 0. The monoisotopic (exact) mass is 366 g/mol. The Kier molecular flexibility index (Phi) is 4.80. The Morgan fingerprint density at radius 1 is 1.07 bits per heavy atom. The van der Waals surface area contributed by atoms with Crippen LogP contribution in [0.4, 0.5) is 0 Å². The van der Waals surface area contributed by atoms with E-state index >= 15 is 0 Å². The maximum atomic E-state index is 6.19. The second-order valence-corrected chi connectivity index (χ2v) is 8.77. The Labute approximate surface area is 170 Å². The highest BCUT2D eigenvalue weighted by atomic mass is 14.4. The first-order valence-corrected chi connectivity index (χ1v) is 10.5. The van der Waals surface area contributed by atoms with Crippen molar-refractivity contribution >= 4 is 11.1 Å². The van der Waals surface area contributed by atoms with Gasteiger partial charge in [0.05, 0.1) is 5.41 Å². The van der Waals surface area contributed by atoms with Gasteiger partial charge in [0.25, 0.3) is 0 Å². The largest absolute Gasteiger partial charge is 0.119 e. The number of fused-ring (bicyclic) bond motifs is 1. The molecule has 0 nitrogen and oxygen atoms in total. The molecule has 0 N–H and O–H groups in total. The molecule has 0 radical (unpaired) electrons. The molecule has 0 heteroatoms. The number of hydrogen-bond donors (Lipinski definition) is 0. The molecule has 0 saturated heterocycles. The van der Waals surface area contributed by atoms with Crippen molar-refractivity contribution in [3.63, 3.8) is 0 Å². The lowest BCUT2D eigenvalue weighted by Crippen LogP contribution is -2.23. The third-order valence-corrected chi connectivity index (χ3v) is 6.88. The lowest BCUT2D eigenvalue weighted by Gasteiger charge is -2.28. The predicted molar refractivity (Wildman–Crippen MR) is 121 cm³/mol. The molecular weight excluding hydrogens is 336 g/mol. The number of hydrogen-bond acceptors (Lipinski definition) is 0. The normalized spacial score (nSPS) is 22.0. The molecule has 28 heavy (non-hydrogen) atoms. The second kappa shape index (κ2) is 7.14. The fourth-order valence-electron chi connectivity index (χ4n) is 5.30. The van der Waals surface area contributed by atoms with E-state index in [-0.39, 0.29) is 0 Å². The number of terminal acetylenes is 1. The minimum atomic E-state index is -0.408. The van der Waals surface area contributed by atoms with Crippen molar-refractivity contribution in [2.45, 2.75) is 57.8 Å². The van der Waals surface area contributed by atoms with Gasteiger partial charge in [-0.2, -0.15) is 0 Å². The summed E-state index contributed by atoms with van der Waals surface area (Å²) in [6.07, 6.45) is 13.5. The SMILES string of the molecule is C#CC1(c2ccc(C)cc2)CC(=C)c2cc(C(=C)C3CCCCC3)cc(C)c21. The van der Waals surface area contributed by atoms with Crippen molar-refractivity contribution in [1.82, 2.24) is 0 Å². The molecule has 2 aromatic carbocycles. The van der Waals surface area contributed by atoms with Crippen molar-refractivity contribution in [3.05, 3.63) is 82.9 Å². The third-order valence-electron chi connectivity index (χ3n) is 6.88. The minimum absolute atomic E-state index is 0.408. The first kappa shape index (κ1) is 18.8. The molecule has 1 unspecified atom stereocenters. The molecule has 142 valence electrons. The topological polar surface area (TPSA) is 0 Å². The van der Waals surface area contributed by atoms with E-state index in [0.29, 0.717) is 5.92 Å². The van der Waals surface area contributed by atoms with Crippen LogP contribution in [0.25, 0.3) is 11.1 Å². The summed E-state index contributed by atoms with van der Waals surface area (Å²) in [4.78, 5) is 0.